The van der Waals surface area contributed by atoms with E-state index in [1.165, 1.54) is 18.5 Å². The molecule has 0 amide bonds. The van der Waals surface area contributed by atoms with E-state index in [0.717, 1.165) is 49.1 Å². The SMILES string of the molecule is O/C(=C\C1=Nc2cc(N3CCOCC3)ccc2C2=NCCN12)c1cncc(O)c1. The molecule has 2 aromatic rings. The Morgan fingerprint density at radius 3 is 2.79 bits per heavy atom. The Balaban J connectivity index is 1.54. The molecule has 0 aliphatic carbocycles. The maximum Gasteiger partial charge on any atom is 0.138 e. The smallest absolute Gasteiger partial charge is 0.138 e. The fraction of sp³-hybridized carbons (Fsp3) is 0.286. The molecule has 0 saturated carbocycles. The third kappa shape index (κ3) is 3.31. The number of nitrogens with zero attached hydrogens (tertiary/aromatic N) is 5. The number of rotatable bonds is 3. The lowest BCUT2D eigenvalue weighted by atomic mass is 10.1. The van der Waals surface area contributed by atoms with Gasteiger partial charge in [-0.1, -0.05) is 0 Å². The second-order valence-corrected chi connectivity index (χ2v) is 7.09. The Morgan fingerprint density at radius 1 is 1.10 bits per heavy atom. The van der Waals surface area contributed by atoms with E-state index >= 15 is 0 Å². The van der Waals surface area contributed by atoms with Gasteiger partial charge >= 0.3 is 0 Å². The van der Waals surface area contributed by atoms with Gasteiger partial charge in [-0.15, -0.1) is 0 Å². The van der Waals surface area contributed by atoms with Crippen molar-refractivity contribution in [3.8, 4) is 5.75 Å². The minimum Gasteiger partial charge on any atom is -0.507 e. The number of aliphatic imine (C=N–C) groups is 2. The summed E-state index contributed by atoms with van der Waals surface area (Å²) in [7, 11) is 0. The highest BCUT2D eigenvalue weighted by atomic mass is 16.5. The molecule has 0 unspecified atom stereocenters. The van der Waals surface area contributed by atoms with Crippen LogP contribution in [0.4, 0.5) is 11.4 Å². The first kappa shape index (κ1) is 17.7. The van der Waals surface area contributed by atoms with Crippen LogP contribution in [0.15, 0.2) is 52.7 Å². The summed E-state index contributed by atoms with van der Waals surface area (Å²) in [6.07, 6.45) is 4.42. The number of morpholine rings is 1. The average molecular weight is 391 g/mol. The van der Waals surface area contributed by atoms with Crippen molar-refractivity contribution >= 4 is 28.8 Å². The molecule has 2 N–H and O–H groups in total. The van der Waals surface area contributed by atoms with Crippen LogP contribution in [0.3, 0.4) is 0 Å². The van der Waals surface area contributed by atoms with Gasteiger partial charge < -0.3 is 24.7 Å². The van der Waals surface area contributed by atoms with E-state index in [9.17, 15) is 10.2 Å². The van der Waals surface area contributed by atoms with Crippen LogP contribution in [0, 0.1) is 0 Å². The molecular weight excluding hydrogens is 370 g/mol. The first-order valence-electron chi connectivity index (χ1n) is 9.62. The van der Waals surface area contributed by atoms with Crippen LogP contribution in [0.25, 0.3) is 5.76 Å². The molecule has 8 nitrogen and oxygen atoms in total. The van der Waals surface area contributed by atoms with Gasteiger partial charge in [0.25, 0.3) is 0 Å². The summed E-state index contributed by atoms with van der Waals surface area (Å²) >= 11 is 0. The van der Waals surface area contributed by atoms with Crippen LogP contribution in [0.1, 0.15) is 11.1 Å². The first-order valence-corrected chi connectivity index (χ1v) is 9.62. The summed E-state index contributed by atoms with van der Waals surface area (Å²) in [6.45, 7) is 4.55. The number of amidine groups is 2. The quantitative estimate of drug-likeness (QED) is 0.780. The summed E-state index contributed by atoms with van der Waals surface area (Å²) in [4.78, 5) is 17.7. The first-order chi connectivity index (χ1) is 14.2. The van der Waals surface area contributed by atoms with Crippen molar-refractivity contribution in [2.45, 2.75) is 0 Å². The summed E-state index contributed by atoms with van der Waals surface area (Å²) < 4.78 is 5.45. The molecule has 1 fully saturated rings. The third-order valence-corrected chi connectivity index (χ3v) is 5.24. The molecule has 5 rings (SSSR count). The molecule has 0 bridgehead atoms. The van der Waals surface area contributed by atoms with Gasteiger partial charge in [-0.05, 0) is 24.3 Å². The Hall–Kier alpha value is -3.39. The molecule has 0 atom stereocenters. The average Bonchev–Trinajstić information content (AvgIpc) is 3.24. The molecule has 1 aromatic carbocycles. The van der Waals surface area contributed by atoms with Crippen LogP contribution in [0.2, 0.25) is 0 Å². The lowest BCUT2D eigenvalue weighted by Gasteiger charge is -2.31. The van der Waals surface area contributed by atoms with Gasteiger partial charge in [-0.2, -0.15) is 0 Å². The highest BCUT2D eigenvalue weighted by molar-refractivity contribution is 6.20. The van der Waals surface area contributed by atoms with Crippen LogP contribution in [-0.4, -0.2) is 71.2 Å². The van der Waals surface area contributed by atoms with Crippen molar-refractivity contribution in [3.63, 3.8) is 0 Å². The molecule has 1 saturated heterocycles. The maximum atomic E-state index is 10.6. The molecule has 0 spiro atoms. The number of fused-ring (bicyclic) bond motifs is 3. The molecule has 0 radical (unpaired) electrons. The summed E-state index contributed by atoms with van der Waals surface area (Å²) in [6, 6.07) is 7.71. The van der Waals surface area contributed by atoms with Gasteiger partial charge in [0.15, 0.2) is 0 Å². The van der Waals surface area contributed by atoms with Crippen LogP contribution >= 0.6 is 0 Å². The maximum absolute atomic E-state index is 10.6. The van der Waals surface area contributed by atoms with E-state index in [0.29, 0.717) is 24.5 Å². The Labute approximate surface area is 168 Å². The van der Waals surface area contributed by atoms with Crippen molar-refractivity contribution in [2.24, 2.45) is 9.98 Å². The minimum atomic E-state index is -0.00816. The molecule has 3 aliphatic heterocycles. The molecule has 1 aromatic heterocycles. The predicted octanol–water partition coefficient (Wildman–Crippen LogP) is 2.33. The van der Waals surface area contributed by atoms with E-state index in [1.807, 2.05) is 4.90 Å². The molecule has 148 valence electrons. The van der Waals surface area contributed by atoms with Crippen molar-refractivity contribution in [3.05, 3.63) is 53.9 Å². The molecule has 8 heteroatoms. The number of aliphatic hydroxyl groups is 1. The van der Waals surface area contributed by atoms with Gasteiger partial charge in [-0.3, -0.25) is 9.98 Å². The van der Waals surface area contributed by atoms with E-state index < -0.39 is 0 Å². The van der Waals surface area contributed by atoms with Crippen LogP contribution in [0.5, 0.6) is 5.75 Å². The fourth-order valence-electron chi connectivity index (χ4n) is 3.79. The minimum absolute atomic E-state index is 0.00282. The number of anilines is 1. The van der Waals surface area contributed by atoms with Crippen molar-refractivity contribution in [1.29, 1.82) is 0 Å². The normalized spacial score (nSPS) is 18.8. The summed E-state index contributed by atoms with van der Waals surface area (Å²) in [5.74, 6) is 1.48. The monoisotopic (exact) mass is 391 g/mol. The lowest BCUT2D eigenvalue weighted by molar-refractivity contribution is 0.122. The lowest BCUT2D eigenvalue weighted by Crippen LogP contribution is -2.37. The summed E-state index contributed by atoms with van der Waals surface area (Å²) in [5.41, 5.74) is 3.36. The van der Waals surface area contributed by atoms with Gasteiger partial charge in [-0.25, -0.2) is 4.99 Å². The van der Waals surface area contributed by atoms with Gasteiger partial charge in [0.2, 0.25) is 0 Å². The zero-order valence-corrected chi connectivity index (χ0v) is 15.8. The van der Waals surface area contributed by atoms with Crippen LogP contribution in [-0.2, 0) is 4.74 Å². The number of benzene rings is 1. The molecule has 3 aliphatic rings. The summed E-state index contributed by atoms with van der Waals surface area (Å²) in [5, 5.41) is 20.2. The zero-order valence-electron chi connectivity index (χ0n) is 15.8. The highest BCUT2D eigenvalue weighted by Gasteiger charge is 2.29. The topological polar surface area (TPSA) is 93.8 Å². The van der Waals surface area contributed by atoms with Crippen LogP contribution < -0.4 is 4.90 Å². The number of ether oxygens (including phenoxy) is 1. The van der Waals surface area contributed by atoms with Crippen molar-refractivity contribution in [2.75, 3.05) is 44.3 Å². The molecule has 4 heterocycles. The number of pyridine rings is 1. The standard InChI is InChI=1S/C21H21N5O3/c27-16-9-14(12-22-13-16)19(28)11-20-24-18-10-15(25-5-7-29-8-6-25)1-2-17(18)21-23-3-4-26(20)21/h1-2,9-13,27-28H,3-8H2/b19-11-. The van der Waals surface area contributed by atoms with Crippen molar-refractivity contribution < 1.29 is 14.9 Å². The van der Waals surface area contributed by atoms with Gasteiger partial charge in [0, 0.05) is 48.7 Å². The van der Waals surface area contributed by atoms with Gasteiger partial charge in [0.05, 0.1) is 31.6 Å². The van der Waals surface area contributed by atoms with Gasteiger partial charge in [0.1, 0.15) is 23.2 Å². The number of hydrogen-bond acceptors (Lipinski definition) is 8. The highest BCUT2D eigenvalue weighted by Crippen LogP contribution is 2.33. The second-order valence-electron chi connectivity index (χ2n) is 7.09. The Kier molecular flexibility index (Phi) is 4.40. The fourth-order valence-corrected chi connectivity index (χ4v) is 3.79. The van der Waals surface area contributed by atoms with E-state index in [4.69, 9.17) is 9.73 Å². The van der Waals surface area contributed by atoms with E-state index in [-0.39, 0.29) is 11.5 Å². The Morgan fingerprint density at radius 2 is 1.97 bits per heavy atom. The van der Waals surface area contributed by atoms with Crippen molar-refractivity contribution in [1.82, 2.24) is 9.88 Å². The molecular formula is C21H21N5O3. The number of aromatic nitrogens is 1. The van der Waals surface area contributed by atoms with E-state index in [2.05, 4.69) is 33.1 Å². The second kappa shape index (κ2) is 7.21. The largest absolute Gasteiger partial charge is 0.507 e. The zero-order chi connectivity index (χ0) is 19.8. The Bertz CT molecular complexity index is 1040. The number of aliphatic hydroxyl groups excluding tert-OH is 1. The third-order valence-electron chi connectivity index (χ3n) is 5.24. The predicted molar refractivity (Wildman–Crippen MR) is 111 cm³/mol. The number of hydrogen-bond donors (Lipinski definition) is 2. The number of aromatic hydroxyl groups is 1. The van der Waals surface area contributed by atoms with E-state index in [1.54, 1.807) is 6.08 Å². The molecule has 29 heavy (non-hydrogen) atoms.